The first-order valence-electron chi connectivity index (χ1n) is 10.9. The van der Waals surface area contributed by atoms with E-state index in [4.69, 9.17) is 25.1 Å². The Morgan fingerprint density at radius 2 is 2.00 bits per heavy atom. The van der Waals surface area contributed by atoms with E-state index in [1.54, 1.807) is 18.2 Å². The van der Waals surface area contributed by atoms with Gasteiger partial charge in [0.2, 0.25) is 0 Å². The van der Waals surface area contributed by atoms with Crippen molar-refractivity contribution in [2.75, 3.05) is 12.3 Å². The number of nitrogen functional groups attached to an aromatic ring is 1. The predicted octanol–water partition coefficient (Wildman–Crippen LogP) is 5.53. The van der Waals surface area contributed by atoms with Gasteiger partial charge in [0.1, 0.15) is 34.9 Å². The van der Waals surface area contributed by atoms with E-state index < -0.39 is 12.1 Å². The lowest BCUT2D eigenvalue weighted by molar-refractivity contribution is -0.137. The summed E-state index contributed by atoms with van der Waals surface area (Å²) in [7, 11) is 0. The van der Waals surface area contributed by atoms with Crippen LogP contribution in [0.25, 0.3) is 0 Å². The minimum atomic E-state index is -0.861. The third-order valence-electron chi connectivity index (χ3n) is 6.19. The van der Waals surface area contributed by atoms with Gasteiger partial charge in [0, 0.05) is 28.7 Å². The summed E-state index contributed by atoms with van der Waals surface area (Å²) < 4.78 is 32.7. The number of hydrogen-bond donors (Lipinski definition) is 2. The Morgan fingerprint density at radius 1 is 1.18 bits per heavy atom. The number of fused-ring (bicyclic) bond motifs is 2. The van der Waals surface area contributed by atoms with Crippen molar-refractivity contribution in [3.63, 3.8) is 0 Å². The molecule has 5 rings (SSSR count). The van der Waals surface area contributed by atoms with Crippen molar-refractivity contribution in [3.8, 4) is 23.0 Å². The highest BCUT2D eigenvalue weighted by Crippen LogP contribution is 2.44. The molecule has 0 aromatic heterocycles. The maximum Gasteiger partial charge on any atom is 0.304 e. The zero-order valence-electron chi connectivity index (χ0n) is 18.1. The number of nitrogens with two attached hydrogens (primary N) is 1. The van der Waals surface area contributed by atoms with Crippen molar-refractivity contribution in [1.29, 1.82) is 0 Å². The normalized spacial score (nSPS) is 18.4. The molecule has 33 heavy (non-hydrogen) atoms. The molecule has 6 nitrogen and oxygen atoms in total. The maximum absolute atomic E-state index is 14.8. The van der Waals surface area contributed by atoms with Gasteiger partial charge in [-0.3, -0.25) is 4.79 Å². The molecular weight excluding hydrogens is 425 g/mol. The van der Waals surface area contributed by atoms with E-state index in [0.717, 1.165) is 16.7 Å². The second-order valence-corrected chi connectivity index (χ2v) is 8.53. The Balaban J connectivity index is 1.38. The Labute approximate surface area is 190 Å². The molecule has 170 valence electrons. The van der Waals surface area contributed by atoms with Crippen molar-refractivity contribution in [2.45, 2.75) is 38.2 Å². The van der Waals surface area contributed by atoms with Crippen LogP contribution in [0.5, 0.6) is 23.0 Å². The summed E-state index contributed by atoms with van der Waals surface area (Å²) >= 11 is 0. The third kappa shape index (κ3) is 4.06. The molecule has 3 aromatic carbocycles. The van der Waals surface area contributed by atoms with E-state index in [1.165, 1.54) is 6.07 Å². The molecule has 1 heterocycles. The number of anilines is 1. The van der Waals surface area contributed by atoms with Crippen molar-refractivity contribution in [2.24, 2.45) is 0 Å². The summed E-state index contributed by atoms with van der Waals surface area (Å²) in [5, 5.41) is 9.07. The molecule has 2 unspecified atom stereocenters. The Kier molecular flexibility index (Phi) is 5.32. The molecule has 0 amide bonds. The van der Waals surface area contributed by atoms with Crippen LogP contribution in [0.4, 0.5) is 10.1 Å². The van der Waals surface area contributed by atoms with Gasteiger partial charge in [-0.2, -0.15) is 0 Å². The average Bonchev–Trinajstić information content (AvgIpc) is 3.36. The van der Waals surface area contributed by atoms with E-state index in [9.17, 15) is 9.18 Å². The highest BCUT2D eigenvalue weighted by atomic mass is 19.1. The van der Waals surface area contributed by atoms with Crippen LogP contribution in [0.15, 0.2) is 48.5 Å². The van der Waals surface area contributed by atoms with E-state index >= 15 is 0 Å². The lowest BCUT2D eigenvalue weighted by atomic mass is 9.98. The quantitative estimate of drug-likeness (QED) is 0.481. The summed E-state index contributed by atoms with van der Waals surface area (Å²) in [6.07, 6.45) is 0.771. The largest absolute Gasteiger partial charge is 0.492 e. The molecule has 0 saturated carbocycles. The molecule has 3 N–H and O–H groups in total. The van der Waals surface area contributed by atoms with E-state index in [1.807, 2.05) is 31.2 Å². The highest BCUT2D eigenvalue weighted by molar-refractivity contribution is 5.69. The van der Waals surface area contributed by atoms with Crippen LogP contribution in [0.1, 0.15) is 47.1 Å². The van der Waals surface area contributed by atoms with Crippen molar-refractivity contribution < 1.29 is 28.5 Å². The number of rotatable bonds is 6. The minimum absolute atomic E-state index is 0.0166. The molecule has 2 aliphatic rings. The molecule has 0 bridgehead atoms. The molecule has 0 spiro atoms. The molecule has 0 fully saturated rings. The second kappa shape index (κ2) is 8.31. The number of carbonyl (C=O) groups is 1. The molecule has 0 radical (unpaired) electrons. The van der Waals surface area contributed by atoms with Gasteiger partial charge in [-0.05, 0) is 55.7 Å². The summed E-state index contributed by atoms with van der Waals surface area (Å²) in [6.45, 7) is 2.28. The zero-order valence-corrected chi connectivity index (χ0v) is 18.1. The van der Waals surface area contributed by atoms with Crippen molar-refractivity contribution in [3.05, 3.63) is 76.6 Å². The Morgan fingerprint density at radius 3 is 2.79 bits per heavy atom. The lowest BCUT2D eigenvalue weighted by Crippen LogP contribution is -2.07. The monoisotopic (exact) mass is 449 g/mol. The van der Waals surface area contributed by atoms with Crippen LogP contribution in [0.3, 0.4) is 0 Å². The minimum Gasteiger partial charge on any atom is -0.492 e. The van der Waals surface area contributed by atoms with Crippen LogP contribution in [0, 0.1) is 12.7 Å². The first kappa shape index (κ1) is 21.1. The number of halogens is 1. The molecule has 1 aliphatic heterocycles. The van der Waals surface area contributed by atoms with Gasteiger partial charge in [0.15, 0.2) is 0 Å². The van der Waals surface area contributed by atoms with Gasteiger partial charge >= 0.3 is 5.97 Å². The summed E-state index contributed by atoms with van der Waals surface area (Å²) in [6, 6.07) is 13.9. The standard InChI is InChI=1S/C26H24FNO5/c1-14-2-7-22(20(28)10-14)33-21-9-6-19(27)26-18(21)5-8-23(26)32-16-3-4-17-15(11-25(29)30)13-31-24(17)12-16/h2-4,6-7,9-10,12,15,23H,5,8,11,13,28H2,1H3,(H,29,30). The summed E-state index contributed by atoms with van der Waals surface area (Å²) in [4.78, 5) is 11.1. The number of ether oxygens (including phenoxy) is 3. The smallest absolute Gasteiger partial charge is 0.304 e. The number of carboxylic acid groups (broad SMARTS) is 1. The molecular formula is C26H24FNO5. The molecule has 2 atom stereocenters. The van der Waals surface area contributed by atoms with Gasteiger partial charge in [-0.25, -0.2) is 4.39 Å². The van der Waals surface area contributed by atoms with Gasteiger partial charge in [-0.15, -0.1) is 0 Å². The lowest BCUT2D eigenvalue weighted by Gasteiger charge is -2.17. The summed E-state index contributed by atoms with van der Waals surface area (Å²) in [5.74, 6) is 0.897. The fraction of sp³-hybridized carbons (Fsp3) is 0.269. The number of hydrogen-bond acceptors (Lipinski definition) is 5. The third-order valence-corrected chi connectivity index (χ3v) is 6.19. The van der Waals surface area contributed by atoms with Crippen LogP contribution in [-0.2, 0) is 11.2 Å². The van der Waals surface area contributed by atoms with Gasteiger partial charge in [0.05, 0.1) is 18.7 Å². The van der Waals surface area contributed by atoms with E-state index in [2.05, 4.69) is 0 Å². The number of aliphatic carboxylic acids is 1. The zero-order chi connectivity index (χ0) is 23.1. The first-order valence-corrected chi connectivity index (χ1v) is 10.9. The van der Waals surface area contributed by atoms with Crippen LogP contribution in [-0.4, -0.2) is 17.7 Å². The van der Waals surface area contributed by atoms with Crippen molar-refractivity contribution in [1.82, 2.24) is 0 Å². The van der Waals surface area contributed by atoms with Crippen LogP contribution < -0.4 is 19.9 Å². The highest BCUT2D eigenvalue weighted by Gasteiger charge is 2.32. The summed E-state index contributed by atoms with van der Waals surface area (Å²) in [5.41, 5.74) is 9.77. The van der Waals surface area contributed by atoms with Crippen molar-refractivity contribution >= 4 is 11.7 Å². The molecule has 3 aromatic rings. The van der Waals surface area contributed by atoms with Gasteiger partial charge in [-0.1, -0.05) is 12.1 Å². The SMILES string of the molecule is Cc1ccc(Oc2ccc(F)c3c2CCC3Oc2ccc3c(c2)OCC3CC(=O)O)c(N)c1. The fourth-order valence-electron chi connectivity index (χ4n) is 4.61. The fourth-order valence-corrected chi connectivity index (χ4v) is 4.61. The number of carboxylic acids is 1. The Hall–Kier alpha value is -3.74. The maximum atomic E-state index is 14.8. The molecule has 0 saturated heterocycles. The van der Waals surface area contributed by atoms with Gasteiger partial charge in [0.25, 0.3) is 0 Å². The number of benzene rings is 3. The van der Waals surface area contributed by atoms with Gasteiger partial charge < -0.3 is 25.1 Å². The molecule has 7 heteroatoms. The van der Waals surface area contributed by atoms with Crippen LogP contribution in [0.2, 0.25) is 0 Å². The van der Waals surface area contributed by atoms with Crippen LogP contribution >= 0.6 is 0 Å². The topological polar surface area (TPSA) is 91.0 Å². The predicted molar refractivity (Wildman–Crippen MR) is 121 cm³/mol. The van der Waals surface area contributed by atoms with E-state index in [0.29, 0.717) is 53.7 Å². The Bertz CT molecular complexity index is 1240. The number of aryl methyl sites for hydroxylation is 1. The average molecular weight is 449 g/mol. The second-order valence-electron chi connectivity index (χ2n) is 8.53. The molecule has 1 aliphatic carbocycles. The first-order chi connectivity index (χ1) is 15.9. The van der Waals surface area contributed by atoms with E-state index in [-0.39, 0.29) is 18.2 Å².